The minimum Gasteiger partial charge on any atom is -0.507 e. The first kappa shape index (κ1) is 21.0. The molecule has 6 nitrogen and oxygen atoms in total. The number of carbonyl (C=O) groups excluding carboxylic acids is 2. The van der Waals surface area contributed by atoms with Crippen molar-refractivity contribution in [1.82, 2.24) is 0 Å². The Kier molecular flexibility index (Phi) is 5.71. The van der Waals surface area contributed by atoms with E-state index in [0.29, 0.717) is 22.2 Å². The van der Waals surface area contributed by atoms with Gasteiger partial charge in [0.2, 0.25) is 0 Å². The van der Waals surface area contributed by atoms with Gasteiger partial charge in [0.15, 0.2) is 0 Å². The van der Waals surface area contributed by atoms with Gasteiger partial charge in [-0.3, -0.25) is 14.5 Å². The van der Waals surface area contributed by atoms with Crippen LogP contribution in [0.1, 0.15) is 16.5 Å². The van der Waals surface area contributed by atoms with Crippen molar-refractivity contribution in [1.29, 1.82) is 0 Å². The van der Waals surface area contributed by atoms with Gasteiger partial charge in [-0.1, -0.05) is 23.7 Å². The van der Waals surface area contributed by atoms with Crippen molar-refractivity contribution in [2.24, 2.45) is 0 Å². The number of rotatable bonds is 5. The van der Waals surface area contributed by atoms with Gasteiger partial charge in [0, 0.05) is 15.6 Å². The minimum atomic E-state index is -0.811. The van der Waals surface area contributed by atoms with Crippen LogP contribution in [0.2, 0.25) is 5.02 Å². The summed E-state index contributed by atoms with van der Waals surface area (Å²) in [4.78, 5) is 28.3. The normalized spacial score (nSPS) is 17.8. The van der Waals surface area contributed by atoms with E-state index >= 15 is 0 Å². The van der Waals surface area contributed by atoms with Crippen LogP contribution in [-0.2, 0) is 9.59 Å². The molecule has 1 amide bonds. The molecule has 1 atom stereocenters. The summed E-state index contributed by atoms with van der Waals surface area (Å²) >= 11 is 7.52. The minimum absolute atomic E-state index is 0.0287. The molecule has 3 aromatic rings. The lowest BCUT2D eigenvalue weighted by atomic mass is 9.99. The largest absolute Gasteiger partial charge is 0.507 e. The van der Waals surface area contributed by atoms with Gasteiger partial charge in [0.25, 0.3) is 11.7 Å². The average molecular weight is 456 g/mol. The molecule has 0 aliphatic carbocycles. The second-order valence-corrected chi connectivity index (χ2v) is 8.15. The lowest BCUT2D eigenvalue weighted by molar-refractivity contribution is -0.132. The lowest BCUT2D eigenvalue weighted by Gasteiger charge is -2.24. The Balaban J connectivity index is 1.96. The molecule has 1 aliphatic rings. The number of methoxy groups -OCH3 is 2. The molecule has 158 valence electrons. The number of aliphatic hydroxyl groups is 1. The molecule has 1 fully saturated rings. The summed E-state index contributed by atoms with van der Waals surface area (Å²) in [5, 5.41) is 13.5. The van der Waals surface area contributed by atoms with Crippen LogP contribution >= 0.6 is 22.9 Å². The topological polar surface area (TPSA) is 76.1 Å². The maximum atomic E-state index is 13.1. The highest BCUT2D eigenvalue weighted by atomic mass is 35.5. The summed E-state index contributed by atoms with van der Waals surface area (Å²) in [6.45, 7) is 0. The first-order chi connectivity index (χ1) is 15.0. The van der Waals surface area contributed by atoms with Crippen molar-refractivity contribution in [2.75, 3.05) is 19.1 Å². The van der Waals surface area contributed by atoms with Crippen LogP contribution in [0.15, 0.2) is 65.6 Å². The van der Waals surface area contributed by atoms with Crippen molar-refractivity contribution in [3.05, 3.63) is 81.0 Å². The molecule has 0 radical (unpaired) electrons. The zero-order chi connectivity index (χ0) is 22.1. The van der Waals surface area contributed by atoms with E-state index in [1.165, 1.54) is 30.5 Å². The first-order valence-corrected chi connectivity index (χ1v) is 10.5. The number of nitrogens with zero attached hydrogens (tertiary/aromatic N) is 1. The number of amides is 1. The van der Waals surface area contributed by atoms with E-state index in [-0.39, 0.29) is 16.9 Å². The van der Waals surface area contributed by atoms with Crippen LogP contribution in [0.25, 0.3) is 5.76 Å². The Morgan fingerprint density at radius 2 is 1.87 bits per heavy atom. The summed E-state index contributed by atoms with van der Waals surface area (Å²) in [6.07, 6.45) is 0. The van der Waals surface area contributed by atoms with Gasteiger partial charge in [-0.15, -0.1) is 11.3 Å². The summed E-state index contributed by atoms with van der Waals surface area (Å²) < 4.78 is 10.6. The molecule has 1 saturated heterocycles. The van der Waals surface area contributed by atoms with Gasteiger partial charge < -0.3 is 14.6 Å². The van der Waals surface area contributed by atoms with Crippen molar-refractivity contribution >= 4 is 46.1 Å². The number of aliphatic hydroxyl groups excluding tert-OH is 1. The van der Waals surface area contributed by atoms with E-state index in [2.05, 4.69) is 0 Å². The van der Waals surface area contributed by atoms with Crippen molar-refractivity contribution in [3.8, 4) is 11.5 Å². The summed E-state index contributed by atoms with van der Waals surface area (Å²) in [7, 11) is 2.95. The zero-order valence-electron chi connectivity index (χ0n) is 16.7. The maximum absolute atomic E-state index is 13.1. The standard InChI is InChI=1S/C23H18ClNO5S/c1-29-15-8-9-17(30-2)16(12-15)21(26)19-20(18-7-4-10-31-18)25(23(28)22(19)27)14-6-3-5-13(24)11-14/h3-12,20,26H,1-2H3/b21-19-. The molecule has 0 saturated carbocycles. The Labute approximate surface area is 187 Å². The highest BCUT2D eigenvalue weighted by Gasteiger charge is 2.47. The van der Waals surface area contributed by atoms with Crippen molar-refractivity contribution in [2.45, 2.75) is 6.04 Å². The van der Waals surface area contributed by atoms with Crippen LogP contribution in [0.3, 0.4) is 0 Å². The third kappa shape index (κ3) is 3.66. The van der Waals surface area contributed by atoms with Crippen molar-refractivity contribution < 1.29 is 24.2 Å². The van der Waals surface area contributed by atoms with E-state index < -0.39 is 17.7 Å². The molecule has 1 unspecified atom stereocenters. The van der Waals surface area contributed by atoms with Crippen LogP contribution < -0.4 is 14.4 Å². The second kappa shape index (κ2) is 8.45. The van der Waals surface area contributed by atoms with Gasteiger partial charge in [-0.05, 0) is 47.8 Å². The molecule has 1 aromatic heterocycles. The van der Waals surface area contributed by atoms with Crippen LogP contribution in [0.4, 0.5) is 5.69 Å². The second-order valence-electron chi connectivity index (χ2n) is 6.73. The summed E-state index contributed by atoms with van der Waals surface area (Å²) in [5.74, 6) is -1.06. The number of halogens is 1. The molecule has 2 aromatic carbocycles. The molecule has 1 aliphatic heterocycles. The van der Waals surface area contributed by atoms with Crippen LogP contribution in [0.5, 0.6) is 11.5 Å². The van der Waals surface area contributed by atoms with Crippen molar-refractivity contribution in [3.63, 3.8) is 0 Å². The first-order valence-electron chi connectivity index (χ1n) is 9.28. The van der Waals surface area contributed by atoms with E-state index in [0.717, 1.165) is 4.88 Å². The fraction of sp³-hybridized carbons (Fsp3) is 0.130. The SMILES string of the molecule is COc1ccc(OC)c(/C(O)=C2/C(=O)C(=O)N(c3cccc(Cl)c3)C2c2cccs2)c1. The number of carbonyl (C=O) groups is 2. The molecule has 0 spiro atoms. The number of anilines is 1. The van der Waals surface area contributed by atoms with Gasteiger partial charge >= 0.3 is 0 Å². The summed E-state index contributed by atoms with van der Waals surface area (Å²) in [6, 6.07) is 14.4. The van der Waals surface area contributed by atoms with Gasteiger partial charge in [0.1, 0.15) is 23.3 Å². The average Bonchev–Trinajstić information content (AvgIpc) is 3.40. The molecular formula is C23H18ClNO5S. The Morgan fingerprint density at radius 1 is 1.06 bits per heavy atom. The van der Waals surface area contributed by atoms with Gasteiger partial charge in [-0.2, -0.15) is 0 Å². The quantitative estimate of drug-likeness (QED) is 0.331. The number of ketones is 1. The molecule has 2 heterocycles. The van der Waals surface area contributed by atoms with E-state index in [1.54, 1.807) is 42.5 Å². The number of ether oxygens (including phenoxy) is 2. The summed E-state index contributed by atoms with van der Waals surface area (Å²) in [5.41, 5.74) is 0.691. The number of hydrogen-bond acceptors (Lipinski definition) is 6. The number of Topliss-reactive ketones (excluding diaryl/α,β-unsaturated/α-hetero) is 1. The van der Waals surface area contributed by atoms with E-state index in [1.807, 2.05) is 17.5 Å². The Bertz CT molecular complexity index is 1190. The highest BCUT2D eigenvalue weighted by molar-refractivity contribution is 7.10. The third-order valence-corrected chi connectivity index (χ3v) is 6.17. The highest BCUT2D eigenvalue weighted by Crippen LogP contribution is 2.45. The lowest BCUT2D eigenvalue weighted by Crippen LogP contribution is -2.29. The number of hydrogen-bond donors (Lipinski definition) is 1. The van der Waals surface area contributed by atoms with Crippen LogP contribution in [-0.4, -0.2) is 31.0 Å². The monoisotopic (exact) mass is 455 g/mol. The molecule has 1 N–H and O–H groups in total. The van der Waals surface area contributed by atoms with Gasteiger partial charge in [-0.25, -0.2) is 0 Å². The fourth-order valence-electron chi connectivity index (χ4n) is 3.59. The van der Waals surface area contributed by atoms with Crippen LogP contribution in [0, 0.1) is 0 Å². The molecular weight excluding hydrogens is 438 g/mol. The Morgan fingerprint density at radius 3 is 2.52 bits per heavy atom. The maximum Gasteiger partial charge on any atom is 0.300 e. The van der Waals surface area contributed by atoms with E-state index in [4.69, 9.17) is 21.1 Å². The third-order valence-electron chi connectivity index (χ3n) is 5.01. The molecule has 8 heteroatoms. The smallest absolute Gasteiger partial charge is 0.300 e. The number of benzene rings is 2. The predicted octanol–water partition coefficient (Wildman–Crippen LogP) is 5.05. The zero-order valence-corrected chi connectivity index (χ0v) is 18.2. The fourth-order valence-corrected chi connectivity index (χ4v) is 4.59. The number of thiophene rings is 1. The predicted molar refractivity (Wildman–Crippen MR) is 120 cm³/mol. The molecule has 31 heavy (non-hydrogen) atoms. The Hall–Kier alpha value is -3.29. The molecule has 4 rings (SSSR count). The molecule has 0 bridgehead atoms. The van der Waals surface area contributed by atoms with Gasteiger partial charge in [0.05, 0.1) is 25.4 Å². The van der Waals surface area contributed by atoms with E-state index in [9.17, 15) is 14.7 Å².